The van der Waals surface area contributed by atoms with Gasteiger partial charge in [0.1, 0.15) is 11.6 Å². The van der Waals surface area contributed by atoms with Gasteiger partial charge in [-0.2, -0.15) is 5.06 Å². The molecule has 146 valence electrons. The summed E-state index contributed by atoms with van der Waals surface area (Å²) in [5.41, 5.74) is -0.484. The van der Waals surface area contributed by atoms with Crippen LogP contribution in [0.5, 0.6) is 0 Å². The van der Waals surface area contributed by atoms with Crippen LogP contribution in [0.1, 0.15) is 67.2 Å². The van der Waals surface area contributed by atoms with E-state index in [1.165, 1.54) is 5.06 Å². The minimum Gasteiger partial charge on any atom is -0.314 e. The number of carbonyl (C=O) groups excluding carboxylic acids is 2. The van der Waals surface area contributed by atoms with Crippen LogP contribution < -0.4 is 0 Å². The van der Waals surface area contributed by atoms with Gasteiger partial charge in [-0.05, 0) is 48.3 Å². The van der Waals surface area contributed by atoms with Gasteiger partial charge in [0.15, 0.2) is 0 Å². The number of hydroxylamine groups is 2. The molecular weight excluding hydrogens is 326 g/mol. The topological polar surface area (TPSA) is 57.6 Å². The molecule has 4 nitrogen and oxygen atoms in total. The molecule has 4 aliphatic carbocycles. The molecule has 0 aromatic rings. The third-order valence-electron chi connectivity index (χ3n) is 10.2. The molecule has 0 aromatic heterocycles. The lowest BCUT2D eigenvalue weighted by atomic mass is 9.70. The zero-order valence-electron chi connectivity index (χ0n) is 17.3. The lowest BCUT2D eigenvalue weighted by molar-refractivity contribution is -0.148. The first kappa shape index (κ1) is 18.6. The van der Waals surface area contributed by atoms with Crippen LogP contribution >= 0.6 is 0 Å². The fraction of sp³-hybridized carbons (Fsp3) is 0.909. The molecule has 4 aliphatic rings. The zero-order valence-corrected chi connectivity index (χ0v) is 17.3. The molecule has 4 rings (SSSR count). The van der Waals surface area contributed by atoms with Gasteiger partial charge in [-0.15, -0.1) is 0 Å². The van der Waals surface area contributed by atoms with Gasteiger partial charge in [0.25, 0.3) is 0 Å². The van der Waals surface area contributed by atoms with Crippen LogP contribution in [0.15, 0.2) is 0 Å². The average molecular weight is 362 g/mol. The van der Waals surface area contributed by atoms with Crippen LogP contribution in [-0.2, 0) is 9.59 Å². The number of fused-ring (bicyclic) bond motifs is 4. The molecule has 4 heteroatoms. The molecule has 0 aromatic carbocycles. The van der Waals surface area contributed by atoms with Crippen molar-refractivity contribution in [3.8, 4) is 0 Å². The van der Waals surface area contributed by atoms with Gasteiger partial charge in [-0.3, -0.25) is 9.59 Å². The van der Waals surface area contributed by atoms with Crippen molar-refractivity contribution in [3.63, 3.8) is 0 Å². The first-order valence-corrected chi connectivity index (χ1v) is 10.4. The summed E-state index contributed by atoms with van der Waals surface area (Å²) in [6, 6.07) is 0. The third-order valence-corrected chi connectivity index (χ3v) is 10.2. The van der Waals surface area contributed by atoms with Gasteiger partial charge in [-0.25, -0.2) is 0 Å². The van der Waals surface area contributed by atoms with E-state index in [0.29, 0.717) is 36.5 Å². The molecule has 0 aliphatic heterocycles. The SMILES string of the molecule is CC1(C)[C@@H]2CC[C@]1(C)C(=O)[C@H]2CN(O)C[C@@H]1C(=O)[C@@]2(C)CC[C@@H]1C2(C)C. The summed E-state index contributed by atoms with van der Waals surface area (Å²) in [7, 11) is 0. The second-order valence-corrected chi connectivity index (χ2v) is 11.2. The highest BCUT2D eigenvalue weighted by Crippen LogP contribution is 2.67. The summed E-state index contributed by atoms with van der Waals surface area (Å²) in [4.78, 5) is 26.0. The van der Waals surface area contributed by atoms with Crippen molar-refractivity contribution in [2.45, 2.75) is 67.2 Å². The van der Waals surface area contributed by atoms with Crippen molar-refractivity contribution in [3.05, 3.63) is 0 Å². The smallest absolute Gasteiger partial charge is 0.144 e. The monoisotopic (exact) mass is 361 g/mol. The summed E-state index contributed by atoms with van der Waals surface area (Å²) < 4.78 is 0. The Morgan fingerprint density at radius 1 is 0.808 bits per heavy atom. The van der Waals surface area contributed by atoms with E-state index >= 15 is 0 Å². The molecule has 0 saturated heterocycles. The van der Waals surface area contributed by atoms with E-state index in [1.54, 1.807) is 0 Å². The first-order valence-electron chi connectivity index (χ1n) is 10.4. The first-order chi connectivity index (χ1) is 11.9. The summed E-state index contributed by atoms with van der Waals surface area (Å²) in [6.45, 7) is 13.9. The van der Waals surface area contributed by atoms with E-state index in [9.17, 15) is 14.8 Å². The summed E-state index contributed by atoms with van der Waals surface area (Å²) in [5.74, 6) is 1.16. The van der Waals surface area contributed by atoms with Crippen LogP contribution in [-0.4, -0.2) is 34.9 Å². The molecule has 4 bridgehead atoms. The lowest BCUT2D eigenvalue weighted by Crippen LogP contribution is -2.42. The van der Waals surface area contributed by atoms with Crippen LogP contribution in [0.2, 0.25) is 0 Å². The van der Waals surface area contributed by atoms with E-state index in [1.807, 2.05) is 0 Å². The predicted molar refractivity (Wildman–Crippen MR) is 99.6 cm³/mol. The molecule has 1 N–H and O–H groups in total. The van der Waals surface area contributed by atoms with Crippen molar-refractivity contribution >= 4 is 11.6 Å². The summed E-state index contributed by atoms with van der Waals surface area (Å²) in [6.07, 6.45) is 4.09. The number of Topliss-reactive ketones (excluding diaryl/α,β-unsaturated/α-hetero) is 2. The Labute approximate surface area is 157 Å². The van der Waals surface area contributed by atoms with Crippen LogP contribution in [0.4, 0.5) is 0 Å². The van der Waals surface area contributed by atoms with E-state index in [0.717, 1.165) is 25.7 Å². The second kappa shape index (κ2) is 5.20. The predicted octanol–water partition coefficient (Wildman–Crippen LogP) is 3.96. The Hall–Kier alpha value is -0.740. The molecule has 26 heavy (non-hydrogen) atoms. The fourth-order valence-electron chi connectivity index (χ4n) is 7.50. The van der Waals surface area contributed by atoms with Crippen LogP contribution in [0, 0.1) is 45.3 Å². The van der Waals surface area contributed by atoms with E-state index in [-0.39, 0.29) is 33.5 Å². The Kier molecular flexibility index (Phi) is 3.72. The highest BCUT2D eigenvalue weighted by atomic mass is 16.5. The highest BCUT2D eigenvalue weighted by molar-refractivity contribution is 5.92. The Balaban J connectivity index is 1.47. The zero-order chi connectivity index (χ0) is 19.3. The van der Waals surface area contributed by atoms with E-state index < -0.39 is 0 Å². The summed E-state index contributed by atoms with van der Waals surface area (Å²) >= 11 is 0. The number of ketones is 2. The number of nitrogens with zero attached hydrogens (tertiary/aromatic N) is 1. The largest absolute Gasteiger partial charge is 0.314 e. The molecule has 6 atom stereocenters. The average Bonchev–Trinajstić information content (AvgIpc) is 3.02. The highest BCUT2D eigenvalue weighted by Gasteiger charge is 2.67. The molecule has 0 amide bonds. The number of hydrogen-bond acceptors (Lipinski definition) is 4. The molecule has 0 heterocycles. The Morgan fingerprint density at radius 3 is 1.42 bits per heavy atom. The molecule has 4 fully saturated rings. The van der Waals surface area contributed by atoms with Crippen molar-refractivity contribution in [1.82, 2.24) is 5.06 Å². The van der Waals surface area contributed by atoms with Gasteiger partial charge >= 0.3 is 0 Å². The molecule has 4 saturated carbocycles. The molecular formula is C22H35NO3. The quantitative estimate of drug-likeness (QED) is 0.770. The fourth-order valence-corrected chi connectivity index (χ4v) is 7.50. The normalized spacial score (nSPS) is 48.2. The van der Waals surface area contributed by atoms with Crippen LogP contribution in [0.3, 0.4) is 0 Å². The maximum absolute atomic E-state index is 13.0. The van der Waals surface area contributed by atoms with E-state index in [2.05, 4.69) is 41.5 Å². The Bertz CT molecular complexity index is 612. The lowest BCUT2D eigenvalue weighted by Gasteiger charge is -2.32. The van der Waals surface area contributed by atoms with Gasteiger partial charge in [-0.1, -0.05) is 41.5 Å². The van der Waals surface area contributed by atoms with Gasteiger partial charge in [0.05, 0.1) is 0 Å². The van der Waals surface area contributed by atoms with Gasteiger partial charge < -0.3 is 5.21 Å². The Morgan fingerprint density at radius 2 is 1.15 bits per heavy atom. The number of carbonyl (C=O) groups is 2. The molecule has 0 radical (unpaired) electrons. The standard InChI is InChI=1S/C22H35NO3/c1-19(2)15-7-9-21(19,5)17(24)13(15)11-23(26)12-14-16-8-10-22(6,18(14)25)20(16,3)4/h13-16,26H,7-12H2,1-6H3/t13-,14-,15-,16+,21+,22+/m0/s1. The van der Waals surface area contributed by atoms with Crippen molar-refractivity contribution < 1.29 is 14.8 Å². The van der Waals surface area contributed by atoms with E-state index in [4.69, 9.17) is 0 Å². The molecule has 0 unspecified atom stereocenters. The second-order valence-electron chi connectivity index (χ2n) is 11.2. The minimum atomic E-state index is -0.249. The maximum atomic E-state index is 13.0. The van der Waals surface area contributed by atoms with Crippen molar-refractivity contribution in [2.75, 3.05) is 13.1 Å². The van der Waals surface area contributed by atoms with Gasteiger partial charge in [0.2, 0.25) is 0 Å². The summed E-state index contributed by atoms with van der Waals surface area (Å²) in [5, 5.41) is 12.0. The number of rotatable bonds is 4. The van der Waals surface area contributed by atoms with Crippen molar-refractivity contribution in [1.29, 1.82) is 0 Å². The molecule has 0 spiro atoms. The van der Waals surface area contributed by atoms with Gasteiger partial charge in [0, 0.05) is 35.8 Å². The van der Waals surface area contributed by atoms with Crippen molar-refractivity contribution in [2.24, 2.45) is 45.3 Å². The third kappa shape index (κ3) is 1.93. The van der Waals surface area contributed by atoms with Crippen LogP contribution in [0.25, 0.3) is 0 Å². The number of hydrogen-bond donors (Lipinski definition) is 1. The minimum absolute atomic E-state index is 0.00725. The maximum Gasteiger partial charge on any atom is 0.144 e.